The van der Waals surface area contributed by atoms with Gasteiger partial charge in [-0.25, -0.2) is 0 Å². The number of ether oxygens (including phenoxy) is 1. The van der Waals surface area contributed by atoms with Crippen molar-refractivity contribution < 1.29 is 9.53 Å². The van der Waals surface area contributed by atoms with E-state index in [4.69, 9.17) is 16.2 Å². The molecular weight excluding hydrogens is 352 g/mol. The summed E-state index contributed by atoms with van der Waals surface area (Å²) < 4.78 is 5.56. The van der Waals surface area contributed by atoms with E-state index < -0.39 is 5.91 Å². The molecule has 1 aliphatic heterocycles. The quantitative estimate of drug-likeness (QED) is 0.734. The van der Waals surface area contributed by atoms with Crippen molar-refractivity contribution in [3.63, 3.8) is 0 Å². The van der Waals surface area contributed by atoms with Crippen molar-refractivity contribution >= 4 is 11.6 Å². The molecule has 0 atom stereocenters. The molecule has 4 rings (SSSR count). The maximum absolute atomic E-state index is 12.0. The third-order valence-corrected chi connectivity index (χ3v) is 6.94. The van der Waals surface area contributed by atoms with Gasteiger partial charge in [-0.15, -0.1) is 0 Å². The lowest BCUT2D eigenvalue weighted by molar-refractivity contribution is 0.0737. The Balaban J connectivity index is 1.38. The van der Waals surface area contributed by atoms with Crippen LogP contribution in [-0.4, -0.2) is 61.6 Å². The van der Waals surface area contributed by atoms with Crippen LogP contribution in [0.2, 0.25) is 0 Å². The number of piperazine rings is 1. The van der Waals surface area contributed by atoms with Gasteiger partial charge in [0.25, 0.3) is 0 Å². The standard InChI is InChI=1S/C22H34N4O2/c1-28-21-19(23)9-8-18(22(24)27)20(21)16-4-6-17(7-5-16)26-12-10-25(11-13-26)14-15-2-3-15/h8-9,15-17H,2-7,10-14,23H2,1H3,(H2,24,27)/t16-,17-. The maximum atomic E-state index is 12.0. The number of benzene rings is 1. The van der Waals surface area contributed by atoms with E-state index in [1.54, 1.807) is 19.2 Å². The molecule has 1 heterocycles. The molecule has 0 bridgehead atoms. The van der Waals surface area contributed by atoms with Crippen LogP contribution in [0.1, 0.15) is 60.4 Å². The fourth-order valence-electron chi connectivity index (χ4n) is 5.17. The predicted molar refractivity (Wildman–Crippen MR) is 112 cm³/mol. The molecule has 0 unspecified atom stereocenters. The number of rotatable bonds is 6. The lowest BCUT2D eigenvalue weighted by atomic mass is 9.78. The first kappa shape index (κ1) is 19.5. The summed E-state index contributed by atoms with van der Waals surface area (Å²) in [6.45, 7) is 6.12. The van der Waals surface area contributed by atoms with Gasteiger partial charge in [0.1, 0.15) is 5.75 Å². The van der Waals surface area contributed by atoms with Gasteiger partial charge in [0.05, 0.1) is 12.8 Å². The van der Waals surface area contributed by atoms with Gasteiger partial charge in [-0.2, -0.15) is 0 Å². The van der Waals surface area contributed by atoms with Crippen molar-refractivity contribution in [2.45, 2.75) is 50.5 Å². The minimum absolute atomic E-state index is 0.286. The van der Waals surface area contributed by atoms with Crippen molar-refractivity contribution in [2.24, 2.45) is 11.7 Å². The molecule has 3 fully saturated rings. The number of hydrogen-bond acceptors (Lipinski definition) is 5. The predicted octanol–water partition coefficient (Wildman–Crippen LogP) is 2.43. The average molecular weight is 387 g/mol. The van der Waals surface area contributed by atoms with Crippen molar-refractivity contribution in [3.8, 4) is 5.75 Å². The van der Waals surface area contributed by atoms with Crippen LogP contribution in [0.3, 0.4) is 0 Å². The Morgan fingerprint density at radius 1 is 1.07 bits per heavy atom. The molecule has 4 N–H and O–H groups in total. The third kappa shape index (κ3) is 4.13. The van der Waals surface area contributed by atoms with Crippen molar-refractivity contribution in [2.75, 3.05) is 45.6 Å². The lowest BCUT2D eigenvalue weighted by Gasteiger charge is -2.42. The van der Waals surface area contributed by atoms with Crippen LogP contribution in [0.25, 0.3) is 0 Å². The number of carbonyl (C=O) groups is 1. The molecule has 1 amide bonds. The zero-order valence-corrected chi connectivity index (χ0v) is 17.0. The highest BCUT2D eigenvalue weighted by Gasteiger charge is 2.33. The molecule has 2 saturated carbocycles. The van der Waals surface area contributed by atoms with E-state index >= 15 is 0 Å². The second-order valence-electron chi connectivity index (χ2n) is 8.80. The minimum Gasteiger partial charge on any atom is -0.494 e. The number of amides is 1. The Kier molecular flexibility index (Phi) is 5.78. The molecule has 0 radical (unpaired) electrons. The van der Waals surface area contributed by atoms with Gasteiger partial charge < -0.3 is 21.1 Å². The van der Waals surface area contributed by atoms with Gasteiger partial charge in [0, 0.05) is 49.9 Å². The Hall–Kier alpha value is -1.79. The van der Waals surface area contributed by atoms with Gasteiger partial charge in [-0.1, -0.05) is 0 Å². The highest BCUT2D eigenvalue weighted by atomic mass is 16.5. The number of nitrogens with two attached hydrogens (primary N) is 2. The average Bonchev–Trinajstić information content (AvgIpc) is 3.52. The number of nitrogen functional groups attached to an aromatic ring is 1. The number of nitrogens with zero attached hydrogens (tertiary/aromatic N) is 2. The summed E-state index contributed by atoms with van der Waals surface area (Å²) in [4.78, 5) is 17.3. The maximum Gasteiger partial charge on any atom is 0.249 e. The molecule has 0 spiro atoms. The second kappa shape index (κ2) is 8.29. The number of primary amides is 1. The number of hydrogen-bond donors (Lipinski definition) is 2. The van der Waals surface area contributed by atoms with E-state index in [0.717, 1.165) is 37.2 Å². The van der Waals surface area contributed by atoms with Crippen LogP contribution in [0, 0.1) is 5.92 Å². The third-order valence-electron chi connectivity index (χ3n) is 6.94. The summed E-state index contributed by atoms with van der Waals surface area (Å²) in [6, 6.07) is 4.12. The molecular formula is C22H34N4O2. The van der Waals surface area contributed by atoms with Crippen LogP contribution < -0.4 is 16.2 Å². The summed E-state index contributed by atoms with van der Waals surface area (Å²) in [6.07, 6.45) is 7.28. The largest absolute Gasteiger partial charge is 0.494 e. The van der Waals surface area contributed by atoms with E-state index in [0.29, 0.717) is 23.0 Å². The van der Waals surface area contributed by atoms with Crippen molar-refractivity contribution in [1.29, 1.82) is 0 Å². The highest BCUT2D eigenvalue weighted by Crippen LogP contribution is 2.43. The molecule has 1 saturated heterocycles. The Labute approximate surface area is 168 Å². The summed E-state index contributed by atoms with van der Waals surface area (Å²) in [5.74, 6) is 1.50. The smallest absolute Gasteiger partial charge is 0.249 e. The normalized spacial score (nSPS) is 26.9. The molecule has 3 aliphatic rings. The fourth-order valence-corrected chi connectivity index (χ4v) is 5.17. The summed E-state index contributed by atoms with van der Waals surface area (Å²) in [7, 11) is 1.62. The molecule has 1 aromatic carbocycles. The van der Waals surface area contributed by atoms with Crippen LogP contribution in [0.4, 0.5) is 5.69 Å². The first-order chi connectivity index (χ1) is 13.6. The van der Waals surface area contributed by atoms with E-state index in [-0.39, 0.29) is 5.92 Å². The zero-order chi connectivity index (χ0) is 19.7. The molecule has 1 aromatic rings. The van der Waals surface area contributed by atoms with Crippen molar-refractivity contribution in [3.05, 3.63) is 23.3 Å². The van der Waals surface area contributed by atoms with E-state index in [2.05, 4.69) is 9.80 Å². The first-order valence-corrected chi connectivity index (χ1v) is 10.8. The molecule has 0 aromatic heterocycles. The van der Waals surface area contributed by atoms with Crippen LogP contribution >= 0.6 is 0 Å². The molecule has 28 heavy (non-hydrogen) atoms. The SMILES string of the molecule is COc1c(N)ccc(C(N)=O)c1[C@H]1CC[C@H](N2CCN(CC3CC3)CC2)CC1. The van der Waals surface area contributed by atoms with Crippen LogP contribution in [0.5, 0.6) is 5.75 Å². The monoisotopic (exact) mass is 386 g/mol. The zero-order valence-electron chi connectivity index (χ0n) is 17.0. The minimum atomic E-state index is -0.401. The van der Waals surface area contributed by atoms with Crippen molar-refractivity contribution in [1.82, 2.24) is 9.80 Å². The van der Waals surface area contributed by atoms with Gasteiger partial charge >= 0.3 is 0 Å². The summed E-state index contributed by atoms with van der Waals surface area (Å²) >= 11 is 0. The summed E-state index contributed by atoms with van der Waals surface area (Å²) in [5, 5.41) is 0. The first-order valence-electron chi connectivity index (χ1n) is 10.8. The molecule has 6 heteroatoms. The lowest BCUT2D eigenvalue weighted by Crippen LogP contribution is -2.51. The fraction of sp³-hybridized carbons (Fsp3) is 0.682. The highest BCUT2D eigenvalue weighted by molar-refractivity contribution is 5.96. The molecule has 154 valence electrons. The van der Waals surface area contributed by atoms with Gasteiger partial charge in [-0.05, 0) is 62.5 Å². The second-order valence-corrected chi connectivity index (χ2v) is 8.80. The van der Waals surface area contributed by atoms with E-state index in [1.165, 1.54) is 45.6 Å². The van der Waals surface area contributed by atoms with Gasteiger partial charge in [0.2, 0.25) is 5.91 Å². The van der Waals surface area contributed by atoms with E-state index in [9.17, 15) is 4.79 Å². The molecule has 6 nitrogen and oxygen atoms in total. The van der Waals surface area contributed by atoms with Crippen LogP contribution in [0.15, 0.2) is 12.1 Å². The number of anilines is 1. The van der Waals surface area contributed by atoms with E-state index in [1.807, 2.05) is 0 Å². The Bertz CT molecular complexity index is 703. The molecule has 2 aliphatic carbocycles. The Morgan fingerprint density at radius 2 is 1.75 bits per heavy atom. The number of carbonyl (C=O) groups excluding carboxylic acids is 1. The number of methoxy groups -OCH3 is 1. The van der Waals surface area contributed by atoms with Gasteiger partial charge in [-0.3, -0.25) is 9.69 Å². The van der Waals surface area contributed by atoms with Gasteiger partial charge in [0.15, 0.2) is 0 Å². The summed E-state index contributed by atoms with van der Waals surface area (Å²) in [5.41, 5.74) is 13.8. The Morgan fingerprint density at radius 3 is 2.32 bits per heavy atom. The van der Waals surface area contributed by atoms with Crippen LogP contribution in [-0.2, 0) is 0 Å². The topological polar surface area (TPSA) is 84.8 Å².